The summed E-state index contributed by atoms with van der Waals surface area (Å²) in [6.45, 7) is 2.70. The molecule has 9 heteroatoms. The molecule has 3 heterocycles. The summed E-state index contributed by atoms with van der Waals surface area (Å²) in [5.74, 6) is 0.839. The molecular weight excluding hydrogens is 461 g/mol. The SMILES string of the molecule is N#Cc1cccc(-n2c(N3CCC(C(=O)NC4CCOC4)CC3)nc3cc(Cl)c(Cl)cc32)c1. The first kappa shape index (κ1) is 22.0. The van der Waals surface area contributed by atoms with E-state index in [4.69, 9.17) is 32.9 Å². The van der Waals surface area contributed by atoms with Crippen molar-refractivity contribution >= 4 is 46.1 Å². The van der Waals surface area contributed by atoms with E-state index in [2.05, 4.69) is 16.3 Å². The fourth-order valence-electron chi connectivity index (χ4n) is 4.55. The Morgan fingerprint density at radius 2 is 1.94 bits per heavy atom. The standard InChI is InChI=1S/C24H23Cl2N5O2/c25-19-11-21-22(12-20(19)26)31(18-3-1-2-15(10-18)13-27)24(29-21)30-7-4-16(5-8-30)23(32)28-17-6-9-33-14-17/h1-3,10-12,16-17H,4-9,14H2,(H,28,32). The van der Waals surface area contributed by atoms with Crippen molar-refractivity contribution in [2.45, 2.75) is 25.3 Å². The first-order chi connectivity index (χ1) is 16.0. The number of halogens is 2. The molecule has 1 amide bonds. The van der Waals surface area contributed by atoms with Gasteiger partial charge in [-0.3, -0.25) is 9.36 Å². The topological polar surface area (TPSA) is 83.2 Å². The summed E-state index contributed by atoms with van der Waals surface area (Å²) < 4.78 is 7.37. The Hall–Kier alpha value is -2.79. The number of hydrogen-bond donors (Lipinski definition) is 1. The summed E-state index contributed by atoms with van der Waals surface area (Å²) in [5.41, 5.74) is 2.93. The van der Waals surface area contributed by atoms with Gasteiger partial charge in [0.2, 0.25) is 11.9 Å². The van der Waals surface area contributed by atoms with Crippen LogP contribution >= 0.6 is 23.2 Å². The Labute approximate surface area is 201 Å². The molecule has 5 rings (SSSR count). The van der Waals surface area contributed by atoms with E-state index in [-0.39, 0.29) is 17.9 Å². The van der Waals surface area contributed by atoms with Crippen molar-refractivity contribution in [3.05, 3.63) is 52.0 Å². The van der Waals surface area contributed by atoms with Crippen molar-refractivity contribution in [3.63, 3.8) is 0 Å². The number of piperidine rings is 1. The smallest absolute Gasteiger partial charge is 0.223 e. The van der Waals surface area contributed by atoms with E-state index in [0.29, 0.717) is 41.9 Å². The molecular formula is C24H23Cl2N5O2. The Kier molecular flexibility index (Phi) is 6.15. The lowest BCUT2D eigenvalue weighted by Gasteiger charge is -2.32. The number of aromatic nitrogens is 2. The number of imidazole rings is 1. The Morgan fingerprint density at radius 1 is 1.15 bits per heavy atom. The van der Waals surface area contributed by atoms with Crippen LogP contribution in [-0.4, -0.2) is 47.8 Å². The van der Waals surface area contributed by atoms with Gasteiger partial charge in [0.15, 0.2) is 0 Å². The molecule has 1 atom stereocenters. The molecule has 0 saturated carbocycles. The van der Waals surface area contributed by atoms with Gasteiger partial charge in [-0.15, -0.1) is 0 Å². The third kappa shape index (κ3) is 4.39. The maximum Gasteiger partial charge on any atom is 0.223 e. The minimum Gasteiger partial charge on any atom is -0.379 e. The molecule has 0 bridgehead atoms. The molecule has 7 nitrogen and oxygen atoms in total. The summed E-state index contributed by atoms with van der Waals surface area (Å²) >= 11 is 12.6. The number of rotatable bonds is 4. The zero-order chi connectivity index (χ0) is 22.9. The van der Waals surface area contributed by atoms with Crippen LogP contribution in [0.4, 0.5) is 5.95 Å². The number of nitrogens with one attached hydrogen (secondary N) is 1. The van der Waals surface area contributed by atoms with Crippen molar-refractivity contribution < 1.29 is 9.53 Å². The van der Waals surface area contributed by atoms with Crippen LogP contribution in [0.2, 0.25) is 10.0 Å². The van der Waals surface area contributed by atoms with Crippen molar-refractivity contribution in [1.29, 1.82) is 5.26 Å². The number of nitrogens with zero attached hydrogens (tertiary/aromatic N) is 4. The average Bonchev–Trinajstić information content (AvgIpc) is 3.47. The Bertz CT molecular complexity index is 1240. The molecule has 2 saturated heterocycles. The second-order valence-corrected chi connectivity index (χ2v) is 9.31. The lowest BCUT2D eigenvalue weighted by atomic mass is 9.95. The molecule has 2 aromatic carbocycles. The summed E-state index contributed by atoms with van der Waals surface area (Å²) in [5, 5.41) is 13.4. The molecule has 0 radical (unpaired) electrons. The van der Waals surface area contributed by atoms with Crippen LogP contribution in [0.3, 0.4) is 0 Å². The van der Waals surface area contributed by atoms with Crippen LogP contribution in [0.5, 0.6) is 0 Å². The largest absolute Gasteiger partial charge is 0.379 e. The molecule has 3 aromatic rings. The van der Waals surface area contributed by atoms with Crippen molar-refractivity contribution in [2.75, 3.05) is 31.2 Å². The van der Waals surface area contributed by atoms with Crippen LogP contribution in [0.15, 0.2) is 36.4 Å². The number of nitriles is 1. The Balaban J connectivity index is 1.44. The van der Waals surface area contributed by atoms with E-state index < -0.39 is 0 Å². The zero-order valence-electron chi connectivity index (χ0n) is 17.9. The van der Waals surface area contributed by atoms with Crippen LogP contribution in [0.25, 0.3) is 16.7 Å². The molecule has 33 heavy (non-hydrogen) atoms. The summed E-state index contributed by atoms with van der Waals surface area (Å²) in [6, 6.07) is 13.3. The molecule has 1 unspecified atom stereocenters. The highest BCUT2D eigenvalue weighted by Crippen LogP contribution is 2.34. The average molecular weight is 484 g/mol. The zero-order valence-corrected chi connectivity index (χ0v) is 19.4. The highest BCUT2D eigenvalue weighted by molar-refractivity contribution is 6.42. The second-order valence-electron chi connectivity index (χ2n) is 8.49. The number of benzene rings is 2. The van der Waals surface area contributed by atoms with Gasteiger partial charge in [-0.25, -0.2) is 4.98 Å². The van der Waals surface area contributed by atoms with Crippen LogP contribution in [0.1, 0.15) is 24.8 Å². The maximum absolute atomic E-state index is 12.7. The predicted octanol–water partition coefficient (Wildman–Crippen LogP) is 4.33. The van der Waals surface area contributed by atoms with Crippen molar-refractivity contribution in [1.82, 2.24) is 14.9 Å². The first-order valence-corrected chi connectivity index (χ1v) is 11.8. The van der Waals surface area contributed by atoms with E-state index in [1.807, 2.05) is 22.8 Å². The van der Waals surface area contributed by atoms with Crippen molar-refractivity contribution in [2.24, 2.45) is 5.92 Å². The van der Waals surface area contributed by atoms with Gasteiger partial charge in [0.05, 0.1) is 51.0 Å². The van der Waals surface area contributed by atoms with Gasteiger partial charge in [0.25, 0.3) is 0 Å². The lowest BCUT2D eigenvalue weighted by molar-refractivity contribution is -0.126. The number of ether oxygens (including phenoxy) is 1. The molecule has 2 aliphatic heterocycles. The van der Waals surface area contributed by atoms with Gasteiger partial charge in [0.1, 0.15) is 0 Å². The van der Waals surface area contributed by atoms with E-state index in [0.717, 1.165) is 41.9 Å². The normalized spacial score (nSPS) is 19.1. The van der Waals surface area contributed by atoms with E-state index in [1.165, 1.54) is 0 Å². The summed E-state index contributed by atoms with van der Waals surface area (Å²) in [6.07, 6.45) is 2.35. The molecule has 170 valence electrons. The number of carbonyl (C=O) groups excluding carboxylic acids is 1. The lowest BCUT2D eigenvalue weighted by Crippen LogP contribution is -2.44. The van der Waals surface area contributed by atoms with E-state index >= 15 is 0 Å². The number of amides is 1. The van der Waals surface area contributed by atoms with Gasteiger partial charge in [-0.1, -0.05) is 29.3 Å². The Morgan fingerprint density at radius 3 is 2.67 bits per heavy atom. The molecule has 1 aromatic heterocycles. The highest BCUT2D eigenvalue weighted by atomic mass is 35.5. The molecule has 2 aliphatic rings. The van der Waals surface area contributed by atoms with Crippen LogP contribution in [0, 0.1) is 17.2 Å². The van der Waals surface area contributed by atoms with E-state index in [9.17, 15) is 10.1 Å². The first-order valence-electron chi connectivity index (χ1n) is 11.0. The number of hydrogen-bond acceptors (Lipinski definition) is 5. The van der Waals surface area contributed by atoms with Gasteiger partial charge in [-0.2, -0.15) is 5.26 Å². The number of carbonyl (C=O) groups is 1. The van der Waals surface area contributed by atoms with Gasteiger partial charge in [-0.05, 0) is 49.6 Å². The minimum atomic E-state index is -0.0227. The second kappa shape index (κ2) is 9.22. The quantitative estimate of drug-likeness (QED) is 0.596. The predicted molar refractivity (Wildman–Crippen MR) is 128 cm³/mol. The fourth-order valence-corrected chi connectivity index (χ4v) is 4.87. The molecule has 1 N–H and O–H groups in total. The third-order valence-electron chi connectivity index (χ3n) is 6.34. The third-order valence-corrected chi connectivity index (χ3v) is 7.06. The van der Waals surface area contributed by atoms with Gasteiger partial charge >= 0.3 is 0 Å². The van der Waals surface area contributed by atoms with Crippen LogP contribution in [-0.2, 0) is 9.53 Å². The maximum atomic E-state index is 12.7. The monoisotopic (exact) mass is 483 g/mol. The number of fused-ring (bicyclic) bond motifs is 1. The van der Waals surface area contributed by atoms with Crippen molar-refractivity contribution in [3.8, 4) is 11.8 Å². The molecule has 2 fully saturated rings. The number of anilines is 1. The van der Waals surface area contributed by atoms with Gasteiger partial charge in [0, 0.05) is 25.6 Å². The summed E-state index contributed by atoms with van der Waals surface area (Å²) in [7, 11) is 0. The summed E-state index contributed by atoms with van der Waals surface area (Å²) in [4.78, 5) is 19.8. The minimum absolute atomic E-state index is 0.0227. The molecule has 0 spiro atoms. The molecule has 0 aliphatic carbocycles. The van der Waals surface area contributed by atoms with Crippen LogP contribution < -0.4 is 10.2 Å². The van der Waals surface area contributed by atoms with Gasteiger partial charge < -0.3 is 15.0 Å². The van der Waals surface area contributed by atoms with E-state index in [1.54, 1.807) is 18.2 Å². The fraction of sp³-hybridized carbons (Fsp3) is 0.375. The highest BCUT2D eigenvalue weighted by Gasteiger charge is 2.30.